The number of hydrogen-bond donors (Lipinski definition) is 1. The lowest BCUT2D eigenvalue weighted by molar-refractivity contribution is -0.132. The number of thiazole rings is 1. The number of aliphatic hydroxyl groups excluding tert-OH is 1. The van der Waals surface area contributed by atoms with Crippen LogP contribution in [0.2, 0.25) is 0 Å². The van der Waals surface area contributed by atoms with E-state index in [2.05, 4.69) is 20.8 Å². The number of nitrogens with zero attached hydrogens (tertiary/aromatic N) is 2. The maximum Gasteiger partial charge on any atom is 0.301 e. The van der Waals surface area contributed by atoms with E-state index in [4.69, 9.17) is 9.72 Å². The summed E-state index contributed by atoms with van der Waals surface area (Å²) < 4.78 is 6.67. The Balaban J connectivity index is 1.68. The van der Waals surface area contributed by atoms with Crippen LogP contribution in [0.1, 0.15) is 62.4 Å². The van der Waals surface area contributed by atoms with Gasteiger partial charge in [0.05, 0.1) is 28.4 Å². The lowest BCUT2D eigenvalue weighted by Gasteiger charge is -2.24. The van der Waals surface area contributed by atoms with E-state index in [1.807, 2.05) is 56.3 Å². The van der Waals surface area contributed by atoms with E-state index in [0.717, 1.165) is 33.3 Å². The molecule has 0 radical (unpaired) electrons. The molecule has 1 aromatic heterocycles. The second-order valence-electron chi connectivity index (χ2n) is 10.9. The zero-order chi connectivity index (χ0) is 27.9. The Morgan fingerprint density at radius 1 is 1.05 bits per heavy atom. The molecule has 6 nitrogen and oxygen atoms in total. The molecule has 1 saturated heterocycles. The highest BCUT2D eigenvalue weighted by atomic mass is 32.1. The van der Waals surface area contributed by atoms with Crippen LogP contribution in [-0.2, 0) is 15.0 Å². The number of hydrogen-bond acceptors (Lipinski definition) is 6. The summed E-state index contributed by atoms with van der Waals surface area (Å²) in [6.07, 6.45) is 0.841. The first-order valence-electron chi connectivity index (χ1n) is 13.1. The molecule has 2 heterocycles. The van der Waals surface area contributed by atoms with Crippen LogP contribution in [0.5, 0.6) is 5.75 Å². The molecule has 1 atom stereocenters. The molecule has 5 rings (SSSR count). The van der Waals surface area contributed by atoms with Gasteiger partial charge in [0, 0.05) is 5.56 Å². The fourth-order valence-corrected chi connectivity index (χ4v) is 5.83. The van der Waals surface area contributed by atoms with Crippen molar-refractivity contribution in [3.8, 4) is 5.75 Å². The Hall–Kier alpha value is -3.97. The topological polar surface area (TPSA) is 79.7 Å². The van der Waals surface area contributed by atoms with Gasteiger partial charge in [0.2, 0.25) is 0 Å². The van der Waals surface area contributed by atoms with Gasteiger partial charge >= 0.3 is 5.91 Å². The van der Waals surface area contributed by atoms with Crippen molar-refractivity contribution >= 4 is 44.1 Å². The van der Waals surface area contributed by atoms with E-state index >= 15 is 0 Å². The van der Waals surface area contributed by atoms with E-state index in [1.165, 1.54) is 16.2 Å². The number of amides is 1. The van der Waals surface area contributed by atoms with Gasteiger partial charge in [-0.2, -0.15) is 0 Å². The minimum atomic E-state index is -0.833. The number of aryl methyl sites for hydroxylation is 1. The molecule has 1 aliphatic rings. The molecule has 1 fully saturated rings. The van der Waals surface area contributed by atoms with Crippen molar-refractivity contribution in [3.63, 3.8) is 0 Å². The minimum absolute atomic E-state index is 0.0339. The van der Waals surface area contributed by atoms with Gasteiger partial charge in [-0.25, -0.2) is 4.98 Å². The van der Waals surface area contributed by atoms with Crippen LogP contribution in [0.3, 0.4) is 0 Å². The summed E-state index contributed by atoms with van der Waals surface area (Å²) in [5, 5.41) is 11.9. The fraction of sp³-hybridized carbons (Fsp3) is 0.281. The van der Waals surface area contributed by atoms with Gasteiger partial charge in [-0.05, 0) is 59.7 Å². The van der Waals surface area contributed by atoms with Crippen molar-refractivity contribution in [1.82, 2.24) is 4.98 Å². The van der Waals surface area contributed by atoms with Gasteiger partial charge in [0.15, 0.2) is 5.13 Å². The molecule has 0 aliphatic carbocycles. The summed E-state index contributed by atoms with van der Waals surface area (Å²) in [4.78, 5) is 33.3. The molecule has 1 aliphatic heterocycles. The number of rotatable bonds is 6. The summed E-state index contributed by atoms with van der Waals surface area (Å²) in [7, 11) is 0. The Labute approximate surface area is 232 Å². The lowest BCUT2D eigenvalue weighted by atomic mass is 9.85. The van der Waals surface area contributed by atoms with Gasteiger partial charge in [-0.15, -0.1) is 0 Å². The zero-order valence-corrected chi connectivity index (χ0v) is 23.6. The molecule has 4 aromatic rings. The predicted molar refractivity (Wildman–Crippen MR) is 157 cm³/mol. The first-order chi connectivity index (χ1) is 18.6. The molecular formula is C32H32N2O4S. The molecule has 1 N–H and O–H groups in total. The summed E-state index contributed by atoms with van der Waals surface area (Å²) in [5.41, 5.74) is 4.07. The third kappa shape index (κ3) is 5.06. The Kier molecular flexibility index (Phi) is 7.03. The number of aliphatic hydroxyl groups is 1. The highest BCUT2D eigenvalue weighted by Gasteiger charge is 2.48. The van der Waals surface area contributed by atoms with E-state index in [-0.39, 0.29) is 16.7 Å². The number of carbonyl (C=O) groups excluding carboxylic acids is 2. The largest absolute Gasteiger partial charge is 0.507 e. The average Bonchev–Trinajstić information content (AvgIpc) is 3.44. The number of fused-ring (bicyclic) bond motifs is 1. The Morgan fingerprint density at radius 3 is 2.49 bits per heavy atom. The first kappa shape index (κ1) is 26.6. The number of aromatic nitrogens is 1. The Morgan fingerprint density at radius 2 is 1.79 bits per heavy atom. The van der Waals surface area contributed by atoms with Crippen molar-refractivity contribution in [3.05, 3.63) is 94.6 Å². The molecule has 3 aromatic carbocycles. The molecule has 7 heteroatoms. The highest BCUT2D eigenvalue weighted by Crippen LogP contribution is 2.45. The van der Waals surface area contributed by atoms with Gasteiger partial charge in [-0.3, -0.25) is 14.5 Å². The third-order valence-corrected chi connectivity index (χ3v) is 7.87. The standard InChI is InChI=1S/C32H32N2O4S/c1-6-16-38-23-9-7-8-21(18-23)28(35)26-27(20-11-13-22(14-12-20)32(3,4)5)34(30(37)29(26)36)31-33-24-15-10-19(2)17-25(24)39-31/h7-15,17-18,27,35H,6,16H2,1-5H3/b28-26+. The lowest BCUT2D eigenvalue weighted by Crippen LogP contribution is -2.29. The molecule has 0 saturated carbocycles. The second-order valence-corrected chi connectivity index (χ2v) is 11.9. The van der Waals surface area contributed by atoms with Crippen LogP contribution in [-0.4, -0.2) is 28.4 Å². The van der Waals surface area contributed by atoms with Crippen LogP contribution in [0.15, 0.2) is 72.3 Å². The second kappa shape index (κ2) is 10.3. The normalized spacial score (nSPS) is 17.3. The molecule has 1 amide bonds. The molecule has 0 spiro atoms. The fourth-order valence-electron chi connectivity index (χ4n) is 4.74. The smallest absolute Gasteiger partial charge is 0.301 e. The monoisotopic (exact) mass is 540 g/mol. The number of benzene rings is 3. The SMILES string of the molecule is CCCOc1cccc(/C(O)=C2\C(=O)C(=O)N(c3nc4ccc(C)cc4s3)C2c2ccc(C(C)(C)C)cc2)c1. The molecular weight excluding hydrogens is 508 g/mol. The van der Waals surface area contributed by atoms with Crippen molar-refractivity contribution in [1.29, 1.82) is 0 Å². The summed E-state index contributed by atoms with van der Waals surface area (Å²) in [5.74, 6) is -1.11. The highest BCUT2D eigenvalue weighted by molar-refractivity contribution is 7.22. The van der Waals surface area contributed by atoms with E-state index in [1.54, 1.807) is 24.3 Å². The number of ether oxygens (including phenoxy) is 1. The van der Waals surface area contributed by atoms with Gasteiger partial charge in [0.25, 0.3) is 5.78 Å². The maximum atomic E-state index is 13.6. The summed E-state index contributed by atoms with van der Waals surface area (Å²) >= 11 is 1.36. The number of anilines is 1. The van der Waals surface area contributed by atoms with Gasteiger partial charge in [-0.1, -0.05) is 81.5 Å². The van der Waals surface area contributed by atoms with Crippen LogP contribution in [0, 0.1) is 6.92 Å². The molecule has 39 heavy (non-hydrogen) atoms. The first-order valence-corrected chi connectivity index (χ1v) is 13.9. The van der Waals surface area contributed by atoms with Crippen molar-refractivity contribution in [2.24, 2.45) is 0 Å². The van der Waals surface area contributed by atoms with E-state index < -0.39 is 17.7 Å². The van der Waals surface area contributed by atoms with Gasteiger partial charge in [0.1, 0.15) is 11.5 Å². The summed E-state index contributed by atoms with van der Waals surface area (Å²) in [6.45, 7) is 10.9. The van der Waals surface area contributed by atoms with Crippen molar-refractivity contribution in [2.75, 3.05) is 11.5 Å². The Bertz CT molecular complexity index is 1590. The van der Waals surface area contributed by atoms with E-state index in [0.29, 0.717) is 23.1 Å². The predicted octanol–water partition coefficient (Wildman–Crippen LogP) is 7.32. The summed E-state index contributed by atoms with van der Waals surface area (Å²) in [6, 6.07) is 19.9. The van der Waals surface area contributed by atoms with Crippen LogP contribution >= 0.6 is 11.3 Å². The molecule has 0 bridgehead atoms. The van der Waals surface area contributed by atoms with E-state index in [9.17, 15) is 14.7 Å². The van der Waals surface area contributed by atoms with Crippen LogP contribution in [0.25, 0.3) is 16.0 Å². The average molecular weight is 541 g/mol. The zero-order valence-electron chi connectivity index (χ0n) is 22.8. The quantitative estimate of drug-likeness (QED) is 0.157. The van der Waals surface area contributed by atoms with Crippen LogP contribution < -0.4 is 9.64 Å². The minimum Gasteiger partial charge on any atom is -0.507 e. The maximum absolute atomic E-state index is 13.6. The number of ketones is 1. The number of carbonyl (C=O) groups is 2. The third-order valence-electron chi connectivity index (χ3n) is 6.86. The molecule has 1 unspecified atom stereocenters. The van der Waals surface area contributed by atoms with Gasteiger partial charge < -0.3 is 9.84 Å². The van der Waals surface area contributed by atoms with Crippen molar-refractivity contribution in [2.45, 2.75) is 52.5 Å². The molecule has 200 valence electrons. The van der Waals surface area contributed by atoms with Crippen LogP contribution in [0.4, 0.5) is 5.13 Å². The van der Waals surface area contributed by atoms with Crippen molar-refractivity contribution < 1.29 is 19.4 Å². The number of Topliss-reactive ketones (excluding diaryl/α,β-unsaturated/α-hetero) is 1.